The quantitative estimate of drug-likeness (QED) is 0.873. The van der Waals surface area contributed by atoms with Crippen molar-refractivity contribution in [2.45, 2.75) is 25.3 Å². The van der Waals surface area contributed by atoms with Gasteiger partial charge in [-0.1, -0.05) is 6.92 Å². The predicted molar refractivity (Wildman–Crippen MR) is 83.9 cm³/mol. The van der Waals surface area contributed by atoms with Crippen LogP contribution in [0.1, 0.15) is 25.1 Å². The van der Waals surface area contributed by atoms with Crippen molar-refractivity contribution in [2.24, 2.45) is 0 Å². The number of nitrogens with zero attached hydrogens (tertiary/aromatic N) is 3. The van der Waals surface area contributed by atoms with Crippen LogP contribution in [0.15, 0.2) is 12.1 Å². The highest BCUT2D eigenvalue weighted by molar-refractivity contribution is 5.73. The zero-order valence-corrected chi connectivity index (χ0v) is 12.9. The largest absolute Gasteiger partial charge is 0.379 e. The molecule has 0 spiro atoms. The first-order chi connectivity index (χ1) is 10.2. The minimum Gasteiger partial charge on any atom is -0.379 e. The summed E-state index contributed by atoms with van der Waals surface area (Å²) in [4.78, 5) is 14.6. The standard InChI is InChI=1S/C15H23N5O/c1-4-7-16-12-9-21-8-10(12)14-17-11-5-6-13(20(2)3)18-15(11)19-14/h5-6,10,12,16H,4,7-9H2,1-3H3,(H,17,18,19). The number of ether oxygens (including phenoxy) is 1. The highest BCUT2D eigenvalue weighted by Gasteiger charge is 2.31. The average molecular weight is 289 g/mol. The molecule has 0 aromatic carbocycles. The molecular weight excluding hydrogens is 266 g/mol. The molecule has 1 saturated heterocycles. The van der Waals surface area contributed by atoms with Gasteiger partial charge in [-0.05, 0) is 25.1 Å². The van der Waals surface area contributed by atoms with Crippen LogP contribution in [-0.4, -0.2) is 54.8 Å². The molecule has 0 radical (unpaired) electrons. The second kappa shape index (κ2) is 5.99. The molecule has 21 heavy (non-hydrogen) atoms. The van der Waals surface area contributed by atoms with Crippen LogP contribution in [0.5, 0.6) is 0 Å². The van der Waals surface area contributed by atoms with Gasteiger partial charge in [0.2, 0.25) is 0 Å². The van der Waals surface area contributed by atoms with E-state index in [4.69, 9.17) is 4.74 Å². The van der Waals surface area contributed by atoms with Gasteiger partial charge in [-0.15, -0.1) is 0 Å². The van der Waals surface area contributed by atoms with Gasteiger partial charge in [-0.2, -0.15) is 0 Å². The summed E-state index contributed by atoms with van der Waals surface area (Å²) in [6, 6.07) is 4.37. The summed E-state index contributed by atoms with van der Waals surface area (Å²) >= 11 is 0. The van der Waals surface area contributed by atoms with E-state index in [2.05, 4.69) is 27.2 Å². The van der Waals surface area contributed by atoms with Crippen molar-refractivity contribution in [3.05, 3.63) is 18.0 Å². The Morgan fingerprint density at radius 1 is 1.33 bits per heavy atom. The zero-order valence-electron chi connectivity index (χ0n) is 12.9. The van der Waals surface area contributed by atoms with Gasteiger partial charge >= 0.3 is 0 Å². The molecular formula is C15H23N5O. The van der Waals surface area contributed by atoms with Crippen molar-refractivity contribution in [1.82, 2.24) is 20.3 Å². The molecule has 2 unspecified atom stereocenters. The molecule has 1 fully saturated rings. The van der Waals surface area contributed by atoms with E-state index >= 15 is 0 Å². The summed E-state index contributed by atoms with van der Waals surface area (Å²) < 4.78 is 5.63. The summed E-state index contributed by atoms with van der Waals surface area (Å²) in [7, 11) is 3.97. The second-order valence-electron chi connectivity index (χ2n) is 5.76. The molecule has 2 aromatic heterocycles. The Kier molecular flexibility index (Phi) is 4.07. The van der Waals surface area contributed by atoms with E-state index in [-0.39, 0.29) is 5.92 Å². The number of hydrogen-bond donors (Lipinski definition) is 2. The first kappa shape index (κ1) is 14.3. The number of aromatic nitrogens is 3. The molecule has 1 aliphatic heterocycles. The lowest BCUT2D eigenvalue weighted by Gasteiger charge is -2.16. The van der Waals surface area contributed by atoms with Gasteiger partial charge in [0.25, 0.3) is 0 Å². The van der Waals surface area contributed by atoms with Gasteiger partial charge in [0.05, 0.1) is 24.6 Å². The maximum atomic E-state index is 5.63. The van der Waals surface area contributed by atoms with Gasteiger partial charge in [-0.25, -0.2) is 9.97 Å². The summed E-state index contributed by atoms with van der Waals surface area (Å²) in [5.74, 6) is 2.16. The van der Waals surface area contributed by atoms with E-state index in [1.807, 2.05) is 31.1 Å². The van der Waals surface area contributed by atoms with Gasteiger partial charge in [0.1, 0.15) is 11.6 Å². The first-order valence-electron chi connectivity index (χ1n) is 7.54. The summed E-state index contributed by atoms with van der Waals surface area (Å²) in [5.41, 5.74) is 1.76. The summed E-state index contributed by atoms with van der Waals surface area (Å²) in [6.45, 7) is 4.64. The van der Waals surface area contributed by atoms with Crippen LogP contribution in [0.3, 0.4) is 0 Å². The topological polar surface area (TPSA) is 66.1 Å². The molecule has 1 aliphatic rings. The lowest BCUT2D eigenvalue weighted by atomic mass is 10.0. The third-order valence-corrected chi connectivity index (χ3v) is 3.90. The number of nitrogens with one attached hydrogen (secondary N) is 2. The smallest absolute Gasteiger partial charge is 0.179 e. The van der Waals surface area contributed by atoms with Crippen molar-refractivity contribution in [3.63, 3.8) is 0 Å². The normalized spacial score (nSPS) is 22.0. The van der Waals surface area contributed by atoms with Crippen LogP contribution in [0.4, 0.5) is 5.82 Å². The summed E-state index contributed by atoms with van der Waals surface area (Å²) in [5, 5.41) is 3.54. The highest BCUT2D eigenvalue weighted by atomic mass is 16.5. The van der Waals surface area contributed by atoms with Crippen molar-refractivity contribution in [1.29, 1.82) is 0 Å². The lowest BCUT2D eigenvalue weighted by Crippen LogP contribution is -2.35. The fourth-order valence-corrected chi connectivity index (χ4v) is 2.68. The average Bonchev–Trinajstić information content (AvgIpc) is 3.09. The van der Waals surface area contributed by atoms with Crippen molar-refractivity contribution < 1.29 is 4.74 Å². The van der Waals surface area contributed by atoms with Gasteiger partial charge in [0.15, 0.2) is 5.65 Å². The van der Waals surface area contributed by atoms with E-state index in [9.17, 15) is 0 Å². The fraction of sp³-hybridized carbons (Fsp3) is 0.600. The number of fused-ring (bicyclic) bond motifs is 1. The minimum atomic E-state index is 0.272. The molecule has 0 amide bonds. The summed E-state index contributed by atoms with van der Waals surface area (Å²) in [6.07, 6.45) is 1.12. The van der Waals surface area contributed by atoms with E-state index in [1.165, 1.54) is 0 Å². The first-order valence-corrected chi connectivity index (χ1v) is 7.54. The van der Waals surface area contributed by atoms with Crippen LogP contribution >= 0.6 is 0 Å². The number of H-pyrrole nitrogens is 1. The SMILES string of the molecule is CCCNC1COCC1c1nc2nc(N(C)C)ccc2[nH]1. The van der Waals surface area contributed by atoms with E-state index in [1.54, 1.807) is 0 Å². The lowest BCUT2D eigenvalue weighted by molar-refractivity contribution is 0.187. The number of aromatic amines is 1. The monoisotopic (exact) mass is 289 g/mol. The van der Waals surface area contributed by atoms with Crippen LogP contribution in [0.2, 0.25) is 0 Å². The third-order valence-electron chi connectivity index (χ3n) is 3.90. The van der Waals surface area contributed by atoms with Crippen LogP contribution < -0.4 is 10.2 Å². The predicted octanol–water partition coefficient (Wildman–Crippen LogP) is 1.51. The van der Waals surface area contributed by atoms with Gasteiger partial charge < -0.3 is 19.9 Å². The number of anilines is 1. The van der Waals surface area contributed by atoms with E-state index in [0.29, 0.717) is 12.6 Å². The Balaban J connectivity index is 1.86. The minimum absolute atomic E-state index is 0.272. The fourth-order valence-electron chi connectivity index (χ4n) is 2.68. The molecule has 2 aromatic rings. The van der Waals surface area contributed by atoms with Crippen molar-refractivity contribution >= 4 is 17.0 Å². The molecule has 0 aliphatic carbocycles. The maximum Gasteiger partial charge on any atom is 0.179 e. The molecule has 3 heterocycles. The zero-order chi connectivity index (χ0) is 14.8. The molecule has 2 N–H and O–H groups in total. The van der Waals surface area contributed by atoms with Crippen LogP contribution in [0, 0.1) is 0 Å². The second-order valence-corrected chi connectivity index (χ2v) is 5.76. The Hall–Kier alpha value is -1.66. The van der Waals surface area contributed by atoms with E-state index < -0.39 is 0 Å². The number of rotatable bonds is 5. The number of pyridine rings is 1. The van der Waals surface area contributed by atoms with E-state index in [0.717, 1.165) is 42.4 Å². The Morgan fingerprint density at radius 2 is 2.19 bits per heavy atom. The molecule has 114 valence electrons. The van der Waals surface area contributed by atoms with Gasteiger partial charge in [0, 0.05) is 20.1 Å². The van der Waals surface area contributed by atoms with Gasteiger partial charge in [-0.3, -0.25) is 0 Å². The number of hydrogen-bond acceptors (Lipinski definition) is 5. The maximum absolute atomic E-state index is 5.63. The Morgan fingerprint density at radius 3 is 2.95 bits per heavy atom. The van der Waals surface area contributed by atoms with Crippen LogP contribution in [0.25, 0.3) is 11.2 Å². The molecule has 0 bridgehead atoms. The molecule has 3 rings (SSSR count). The molecule has 6 nitrogen and oxygen atoms in total. The molecule has 2 atom stereocenters. The van der Waals surface area contributed by atoms with Crippen LogP contribution in [-0.2, 0) is 4.74 Å². The van der Waals surface area contributed by atoms with Crippen molar-refractivity contribution in [3.8, 4) is 0 Å². The highest BCUT2D eigenvalue weighted by Crippen LogP contribution is 2.26. The Labute approximate surface area is 124 Å². The molecule has 6 heteroatoms. The Bertz CT molecular complexity index is 609. The number of imidazole rings is 1. The molecule has 0 saturated carbocycles. The third kappa shape index (κ3) is 2.87. The van der Waals surface area contributed by atoms with Crippen molar-refractivity contribution in [2.75, 3.05) is 38.8 Å².